The number of hydrogen-bond donors (Lipinski definition) is 0. The van der Waals surface area contributed by atoms with Crippen LogP contribution in [0.2, 0.25) is 0 Å². The molecule has 2 nitrogen and oxygen atoms in total. The van der Waals surface area contributed by atoms with E-state index in [9.17, 15) is 4.39 Å². The summed E-state index contributed by atoms with van der Waals surface area (Å²) < 4.78 is 16.4. The van der Waals surface area contributed by atoms with E-state index in [1.165, 1.54) is 6.07 Å². The molecule has 0 radical (unpaired) electrons. The largest absolute Gasteiger partial charge is 0.328 e. The smallest absolute Gasteiger partial charge is 0.139 e. The first-order valence-corrected chi connectivity index (χ1v) is 8.47. The molecule has 116 valence electrons. The summed E-state index contributed by atoms with van der Waals surface area (Å²) in [6, 6.07) is 3.29. The Morgan fingerprint density at radius 1 is 1.38 bits per heavy atom. The predicted octanol–water partition coefficient (Wildman–Crippen LogP) is 5.40. The maximum Gasteiger partial charge on any atom is 0.139 e. The molecule has 1 unspecified atom stereocenters. The second-order valence-corrected chi connectivity index (χ2v) is 7.83. The third-order valence-electron chi connectivity index (χ3n) is 4.12. The highest BCUT2D eigenvalue weighted by Gasteiger charge is 2.23. The summed E-state index contributed by atoms with van der Waals surface area (Å²) in [5.74, 6) is 1.62. The number of halogens is 3. The molecule has 0 bridgehead atoms. The Morgan fingerprint density at radius 3 is 2.62 bits per heavy atom. The Bertz CT molecular complexity index is 646. The number of fused-ring (bicyclic) bond motifs is 1. The van der Waals surface area contributed by atoms with Gasteiger partial charge in [0.05, 0.1) is 15.5 Å². The molecule has 0 saturated carbocycles. The van der Waals surface area contributed by atoms with Crippen LogP contribution in [0.15, 0.2) is 16.6 Å². The van der Waals surface area contributed by atoms with Crippen LogP contribution in [0.3, 0.4) is 0 Å². The van der Waals surface area contributed by atoms with Gasteiger partial charge in [0.2, 0.25) is 0 Å². The number of aromatic nitrogens is 2. The van der Waals surface area contributed by atoms with Gasteiger partial charge in [-0.15, -0.1) is 11.6 Å². The Morgan fingerprint density at radius 2 is 2.05 bits per heavy atom. The lowest BCUT2D eigenvalue weighted by atomic mass is 9.82. The zero-order valence-electron chi connectivity index (χ0n) is 12.9. The van der Waals surface area contributed by atoms with Crippen LogP contribution in [0.25, 0.3) is 11.0 Å². The lowest BCUT2D eigenvalue weighted by Crippen LogP contribution is -2.23. The number of nitrogens with zero attached hydrogens (tertiary/aromatic N) is 2. The van der Waals surface area contributed by atoms with Crippen molar-refractivity contribution in [2.75, 3.05) is 5.88 Å². The molecule has 1 heterocycles. The molecule has 0 spiro atoms. The summed E-state index contributed by atoms with van der Waals surface area (Å²) in [7, 11) is 0. The molecule has 0 saturated heterocycles. The average molecular weight is 376 g/mol. The lowest BCUT2D eigenvalue weighted by molar-refractivity contribution is 0.233. The predicted molar refractivity (Wildman–Crippen MR) is 90.4 cm³/mol. The van der Waals surface area contributed by atoms with E-state index in [2.05, 4.69) is 53.2 Å². The van der Waals surface area contributed by atoms with Crippen LogP contribution >= 0.6 is 27.5 Å². The van der Waals surface area contributed by atoms with Gasteiger partial charge in [0.25, 0.3) is 0 Å². The lowest BCUT2D eigenvalue weighted by Gasteiger charge is -2.28. The number of imidazole rings is 1. The van der Waals surface area contributed by atoms with Gasteiger partial charge < -0.3 is 4.57 Å². The summed E-state index contributed by atoms with van der Waals surface area (Å²) in [5, 5.41) is 0. The molecule has 1 aromatic carbocycles. The summed E-state index contributed by atoms with van der Waals surface area (Å²) in [5.41, 5.74) is 1.85. The Kier molecular flexibility index (Phi) is 4.99. The third kappa shape index (κ3) is 3.59. The summed E-state index contributed by atoms with van der Waals surface area (Å²) in [6.45, 7) is 9.77. The molecule has 0 fully saturated rings. The van der Waals surface area contributed by atoms with E-state index in [1.54, 1.807) is 0 Å². The van der Waals surface area contributed by atoms with E-state index in [0.717, 1.165) is 17.9 Å². The minimum Gasteiger partial charge on any atom is -0.328 e. The van der Waals surface area contributed by atoms with E-state index < -0.39 is 0 Å². The minimum atomic E-state index is -0.284. The number of aryl methyl sites for hydroxylation is 1. The molecule has 21 heavy (non-hydrogen) atoms. The highest BCUT2D eigenvalue weighted by Crippen LogP contribution is 2.30. The van der Waals surface area contributed by atoms with Crippen LogP contribution in [0, 0.1) is 17.2 Å². The Labute approximate surface area is 138 Å². The van der Waals surface area contributed by atoms with Gasteiger partial charge in [0.1, 0.15) is 11.6 Å². The topological polar surface area (TPSA) is 17.8 Å². The maximum atomic E-state index is 13.7. The molecule has 5 heteroatoms. The van der Waals surface area contributed by atoms with Crippen molar-refractivity contribution in [2.24, 2.45) is 11.3 Å². The molecular formula is C16H21BrClFN2. The summed E-state index contributed by atoms with van der Waals surface area (Å²) in [6.07, 6.45) is 0.687. The van der Waals surface area contributed by atoms with Crippen LogP contribution in [0.4, 0.5) is 4.39 Å². The van der Waals surface area contributed by atoms with Crippen molar-refractivity contribution in [2.45, 2.75) is 40.7 Å². The van der Waals surface area contributed by atoms with E-state index in [0.29, 0.717) is 28.2 Å². The Balaban J connectivity index is 2.53. The van der Waals surface area contributed by atoms with Crippen molar-refractivity contribution in [3.05, 3.63) is 28.2 Å². The van der Waals surface area contributed by atoms with E-state index >= 15 is 0 Å². The molecule has 0 N–H and O–H groups in total. The van der Waals surface area contributed by atoms with Gasteiger partial charge in [-0.25, -0.2) is 9.37 Å². The van der Waals surface area contributed by atoms with Gasteiger partial charge in [-0.2, -0.15) is 0 Å². The fourth-order valence-corrected chi connectivity index (χ4v) is 2.70. The molecule has 2 aromatic rings. The van der Waals surface area contributed by atoms with Gasteiger partial charge in [0.15, 0.2) is 0 Å². The number of hydrogen-bond acceptors (Lipinski definition) is 1. The van der Waals surface area contributed by atoms with Gasteiger partial charge in [0, 0.05) is 24.9 Å². The molecule has 1 aromatic heterocycles. The van der Waals surface area contributed by atoms with Crippen LogP contribution in [-0.2, 0) is 13.0 Å². The molecule has 2 rings (SSSR count). The van der Waals surface area contributed by atoms with E-state index in [4.69, 9.17) is 11.6 Å². The quantitative estimate of drug-likeness (QED) is 0.654. The molecule has 0 amide bonds. The summed E-state index contributed by atoms with van der Waals surface area (Å²) in [4.78, 5) is 4.56. The Hall–Kier alpha value is -0.610. The third-order valence-corrected chi connectivity index (χ3v) is 4.92. The van der Waals surface area contributed by atoms with Crippen molar-refractivity contribution in [3.63, 3.8) is 0 Å². The van der Waals surface area contributed by atoms with Crippen LogP contribution in [0.5, 0.6) is 0 Å². The normalized spacial score (nSPS) is 13.9. The fraction of sp³-hybridized carbons (Fsp3) is 0.562. The molecule has 0 aliphatic heterocycles. The minimum absolute atomic E-state index is 0.200. The maximum absolute atomic E-state index is 13.7. The molecule has 0 aliphatic carbocycles. The van der Waals surface area contributed by atoms with E-state index in [1.807, 2.05) is 6.07 Å². The second kappa shape index (κ2) is 6.25. The second-order valence-electron chi connectivity index (χ2n) is 6.60. The first kappa shape index (κ1) is 16.8. The monoisotopic (exact) mass is 374 g/mol. The highest BCUT2D eigenvalue weighted by molar-refractivity contribution is 9.10. The number of alkyl halides is 1. The number of rotatable bonds is 4. The first-order chi connectivity index (χ1) is 9.74. The fourth-order valence-electron chi connectivity index (χ4n) is 2.20. The molecular weight excluding hydrogens is 355 g/mol. The summed E-state index contributed by atoms with van der Waals surface area (Å²) >= 11 is 9.15. The SMILES string of the molecule is CC(Cn1c(CCCl)nc2cc(F)c(Br)cc21)C(C)(C)C. The van der Waals surface area contributed by atoms with Gasteiger partial charge in [-0.1, -0.05) is 27.7 Å². The van der Waals surface area contributed by atoms with Gasteiger partial charge in [-0.3, -0.25) is 0 Å². The van der Waals surface area contributed by atoms with Gasteiger partial charge >= 0.3 is 0 Å². The molecule has 1 atom stereocenters. The van der Waals surface area contributed by atoms with E-state index in [-0.39, 0.29) is 11.2 Å². The first-order valence-electron chi connectivity index (χ1n) is 7.14. The number of benzene rings is 1. The van der Waals surface area contributed by atoms with Crippen molar-refractivity contribution in [1.82, 2.24) is 9.55 Å². The van der Waals surface area contributed by atoms with Crippen molar-refractivity contribution in [1.29, 1.82) is 0 Å². The zero-order valence-corrected chi connectivity index (χ0v) is 15.2. The zero-order chi connectivity index (χ0) is 15.8. The van der Waals surface area contributed by atoms with Crippen LogP contribution in [0.1, 0.15) is 33.5 Å². The van der Waals surface area contributed by atoms with Crippen molar-refractivity contribution in [3.8, 4) is 0 Å². The standard InChI is InChI=1S/C16H21BrClFN2/c1-10(16(2,3)4)9-21-14-7-11(17)12(19)8-13(14)20-15(21)5-6-18/h7-8,10H,5-6,9H2,1-4H3. The van der Waals surface area contributed by atoms with Crippen molar-refractivity contribution >= 4 is 38.6 Å². The van der Waals surface area contributed by atoms with Gasteiger partial charge in [-0.05, 0) is 33.3 Å². The van der Waals surface area contributed by atoms with Crippen LogP contribution in [-0.4, -0.2) is 15.4 Å². The van der Waals surface area contributed by atoms with Crippen molar-refractivity contribution < 1.29 is 4.39 Å². The highest BCUT2D eigenvalue weighted by atomic mass is 79.9. The molecule has 0 aliphatic rings. The van der Waals surface area contributed by atoms with Crippen LogP contribution < -0.4 is 0 Å². The average Bonchev–Trinajstić information content (AvgIpc) is 2.67.